The van der Waals surface area contributed by atoms with E-state index in [4.69, 9.17) is 0 Å². The number of hydrogen-bond acceptors (Lipinski definition) is 2. The van der Waals surface area contributed by atoms with Gasteiger partial charge < -0.3 is 5.32 Å². The maximum Gasteiger partial charge on any atom is 0.123 e. The van der Waals surface area contributed by atoms with Crippen LogP contribution in [0.3, 0.4) is 0 Å². The third kappa shape index (κ3) is 4.92. The van der Waals surface area contributed by atoms with Crippen LogP contribution in [0.25, 0.3) is 0 Å². The highest BCUT2D eigenvalue weighted by Gasteiger charge is 2.19. The molecule has 1 aliphatic heterocycles. The zero-order chi connectivity index (χ0) is 13.7. The van der Waals surface area contributed by atoms with Crippen molar-refractivity contribution in [3.05, 3.63) is 35.6 Å². The number of nitrogens with one attached hydrogen (secondary N) is 1. The van der Waals surface area contributed by atoms with Crippen molar-refractivity contribution in [2.45, 2.75) is 39.3 Å². The summed E-state index contributed by atoms with van der Waals surface area (Å²) in [6, 6.07) is 7.46. The quantitative estimate of drug-likeness (QED) is 0.879. The van der Waals surface area contributed by atoms with Crippen LogP contribution in [0.4, 0.5) is 4.39 Å². The van der Waals surface area contributed by atoms with Gasteiger partial charge >= 0.3 is 0 Å². The van der Waals surface area contributed by atoms with Gasteiger partial charge in [0, 0.05) is 19.1 Å². The van der Waals surface area contributed by atoms with Crippen LogP contribution in [0.15, 0.2) is 24.3 Å². The van der Waals surface area contributed by atoms with E-state index in [1.54, 1.807) is 12.1 Å². The molecule has 1 aromatic carbocycles. The zero-order valence-electron chi connectivity index (χ0n) is 12.0. The van der Waals surface area contributed by atoms with Crippen LogP contribution in [-0.2, 0) is 6.54 Å². The molecule has 2 nitrogen and oxygen atoms in total. The molecule has 1 aromatic rings. The molecule has 19 heavy (non-hydrogen) atoms. The number of hydrogen-bond donors (Lipinski definition) is 1. The molecule has 1 saturated heterocycles. The summed E-state index contributed by atoms with van der Waals surface area (Å²) in [5.74, 6) is 0.595. The Labute approximate surface area is 116 Å². The molecule has 1 atom stereocenters. The fraction of sp³-hybridized carbons (Fsp3) is 0.625. The summed E-state index contributed by atoms with van der Waals surface area (Å²) in [7, 11) is 0. The lowest BCUT2D eigenvalue weighted by Crippen LogP contribution is -2.40. The third-order valence-corrected chi connectivity index (χ3v) is 3.74. The summed E-state index contributed by atoms with van der Waals surface area (Å²) in [4.78, 5) is 2.49. The Hall–Kier alpha value is -0.930. The molecular weight excluding hydrogens is 239 g/mol. The van der Waals surface area contributed by atoms with Crippen molar-refractivity contribution in [3.8, 4) is 0 Å². The molecule has 1 heterocycles. The van der Waals surface area contributed by atoms with Gasteiger partial charge in [-0.15, -0.1) is 0 Å². The highest BCUT2D eigenvalue weighted by molar-refractivity contribution is 5.15. The SMILES string of the molecule is CC(C)NCC1CCCN(Cc2ccc(F)cc2)C1. The van der Waals surface area contributed by atoms with Crippen LogP contribution in [0.1, 0.15) is 32.3 Å². The lowest BCUT2D eigenvalue weighted by Gasteiger charge is -2.33. The molecule has 0 aromatic heterocycles. The van der Waals surface area contributed by atoms with Gasteiger partial charge in [-0.25, -0.2) is 4.39 Å². The first-order chi connectivity index (χ1) is 9.13. The monoisotopic (exact) mass is 264 g/mol. The summed E-state index contributed by atoms with van der Waals surface area (Å²) in [6.07, 6.45) is 2.59. The minimum Gasteiger partial charge on any atom is -0.314 e. The second kappa shape index (κ2) is 7.01. The fourth-order valence-corrected chi connectivity index (χ4v) is 2.71. The molecule has 0 aliphatic carbocycles. The Morgan fingerprint density at radius 2 is 2.05 bits per heavy atom. The summed E-state index contributed by atoms with van der Waals surface area (Å²) >= 11 is 0. The van der Waals surface area contributed by atoms with Crippen molar-refractivity contribution in [3.63, 3.8) is 0 Å². The van der Waals surface area contributed by atoms with Crippen molar-refractivity contribution < 1.29 is 4.39 Å². The molecule has 1 unspecified atom stereocenters. The number of benzene rings is 1. The summed E-state index contributed by atoms with van der Waals surface area (Å²) in [5.41, 5.74) is 1.21. The smallest absolute Gasteiger partial charge is 0.123 e. The molecule has 1 N–H and O–H groups in total. The molecule has 3 heteroatoms. The highest BCUT2D eigenvalue weighted by Crippen LogP contribution is 2.18. The molecule has 1 fully saturated rings. The van der Waals surface area contributed by atoms with Crippen molar-refractivity contribution in [2.24, 2.45) is 5.92 Å². The van der Waals surface area contributed by atoms with Crippen LogP contribution < -0.4 is 5.32 Å². The van der Waals surface area contributed by atoms with Crippen molar-refractivity contribution in [2.75, 3.05) is 19.6 Å². The molecule has 2 rings (SSSR count). The second-order valence-corrected chi connectivity index (χ2v) is 5.93. The van der Waals surface area contributed by atoms with Crippen molar-refractivity contribution in [1.82, 2.24) is 10.2 Å². The molecule has 0 bridgehead atoms. The van der Waals surface area contributed by atoms with Gasteiger partial charge in [0.25, 0.3) is 0 Å². The van der Waals surface area contributed by atoms with E-state index < -0.39 is 0 Å². The van der Waals surface area contributed by atoms with Crippen LogP contribution in [0.5, 0.6) is 0 Å². The molecular formula is C16H25FN2. The van der Waals surface area contributed by atoms with Crippen LogP contribution in [-0.4, -0.2) is 30.6 Å². The van der Waals surface area contributed by atoms with Gasteiger partial charge in [-0.3, -0.25) is 4.90 Å². The standard InChI is InChI=1S/C16H25FN2/c1-13(2)18-10-15-4-3-9-19(12-15)11-14-5-7-16(17)8-6-14/h5-8,13,15,18H,3-4,9-12H2,1-2H3. The predicted octanol–water partition coefficient (Wildman–Crippen LogP) is 3.04. The number of piperidine rings is 1. The molecule has 0 amide bonds. The predicted molar refractivity (Wildman–Crippen MR) is 77.5 cm³/mol. The number of halogens is 1. The topological polar surface area (TPSA) is 15.3 Å². The Balaban J connectivity index is 1.82. The van der Waals surface area contributed by atoms with Gasteiger partial charge in [0.1, 0.15) is 5.82 Å². The average Bonchev–Trinajstić information content (AvgIpc) is 2.40. The molecule has 0 radical (unpaired) electrons. The van der Waals surface area contributed by atoms with Crippen LogP contribution in [0, 0.1) is 11.7 Å². The van der Waals surface area contributed by atoms with E-state index in [1.165, 1.54) is 18.4 Å². The van der Waals surface area contributed by atoms with Crippen molar-refractivity contribution in [1.29, 1.82) is 0 Å². The maximum atomic E-state index is 12.9. The fourth-order valence-electron chi connectivity index (χ4n) is 2.71. The Kier molecular flexibility index (Phi) is 5.34. The van der Waals surface area contributed by atoms with Gasteiger partial charge in [-0.05, 0) is 49.5 Å². The van der Waals surface area contributed by atoms with E-state index in [0.29, 0.717) is 6.04 Å². The third-order valence-electron chi connectivity index (χ3n) is 3.74. The van der Waals surface area contributed by atoms with E-state index in [2.05, 4.69) is 24.1 Å². The van der Waals surface area contributed by atoms with E-state index in [-0.39, 0.29) is 5.82 Å². The lowest BCUT2D eigenvalue weighted by atomic mass is 9.97. The van der Waals surface area contributed by atoms with E-state index >= 15 is 0 Å². The van der Waals surface area contributed by atoms with E-state index in [1.807, 2.05) is 12.1 Å². The minimum atomic E-state index is -0.151. The Morgan fingerprint density at radius 1 is 1.32 bits per heavy atom. The minimum absolute atomic E-state index is 0.151. The van der Waals surface area contributed by atoms with Gasteiger partial charge in [-0.2, -0.15) is 0 Å². The average molecular weight is 264 g/mol. The van der Waals surface area contributed by atoms with Gasteiger partial charge in [0.05, 0.1) is 0 Å². The molecule has 0 saturated carbocycles. The zero-order valence-corrected chi connectivity index (χ0v) is 12.0. The number of nitrogens with zero attached hydrogens (tertiary/aromatic N) is 1. The number of likely N-dealkylation sites (tertiary alicyclic amines) is 1. The Bertz CT molecular complexity index is 375. The van der Waals surface area contributed by atoms with Crippen LogP contribution >= 0.6 is 0 Å². The normalized spacial score (nSPS) is 20.9. The van der Waals surface area contributed by atoms with Gasteiger partial charge in [0.15, 0.2) is 0 Å². The summed E-state index contributed by atoms with van der Waals surface area (Å²) < 4.78 is 12.9. The molecule has 106 valence electrons. The van der Waals surface area contributed by atoms with E-state index in [0.717, 1.165) is 32.1 Å². The van der Waals surface area contributed by atoms with Crippen LogP contribution in [0.2, 0.25) is 0 Å². The Morgan fingerprint density at radius 3 is 2.74 bits per heavy atom. The summed E-state index contributed by atoms with van der Waals surface area (Å²) in [5, 5.41) is 3.53. The first-order valence-corrected chi connectivity index (χ1v) is 7.33. The second-order valence-electron chi connectivity index (χ2n) is 5.93. The van der Waals surface area contributed by atoms with Crippen molar-refractivity contribution >= 4 is 0 Å². The van der Waals surface area contributed by atoms with E-state index in [9.17, 15) is 4.39 Å². The summed E-state index contributed by atoms with van der Waals surface area (Å²) in [6.45, 7) is 8.75. The largest absolute Gasteiger partial charge is 0.314 e. The number of rotatable bonds is 5. The molecule has 1 aliphatic rings. The van der Waals surface area contributed by atoms with Gasteiger partial charge in [-0.1, -0.05) is 26.0 Å². The van der Waals surface area contributed by atoms with Gasteiger partial charge in [0.2, 0.25) is 0 Å². The highest BCUT2D eigenvalue weighted by atomic mass is 19.1. The lowest BCUT2D eigenvalue weighted by molar-refractivity contribution is 0.164. The molecule has 0 spiro atoms. The maximum absolute atomic E-state index is 12.9. The first kappa shape index (κ1) is 14.5. The first-order valence-electron chi connectivity index (χ1n) is 7.33.